The predicted octanol–water partition coefficient (Wildman–Crippen LogP) is 2.54. The Bertz CT molecular complexity index is 1050. The van der Waals surface area contributed by atoms with Crippen molar-refractivity contribution < 1.29 is 46.8 Å². The number of amides is 1. The van der Waals surface area contributed by atoms with Crippen LogP contribution in [-0.4, -0.2) is 42.9 Å². The Morgan fingerprint density at radius 3 is 2.67 bits per heavy atom. The summed E-state index contributed by atoms with van der Waals surface area (Å²) in [4.78, 5) is 25.2. The van der Waals surface area contributed by atoms with E-state index in [1.807, 2.05) is 0 Å². The average molecular weight is 353 g/mol. The molecule has 7 heteroatoms. The molecule has 1 unspecified atom stereocenters. The molecule has 1 amide bonds. The van der Waals surface area contributed by atoms with E-state index in [1.54, 1.807) is 0 Å². The minimum Gasteiger partial charge on any atom is -0.491 e. The minimum absolute atomic E-state index is 0.214. The molecule has 0 spiro atoms. The molecule has 0 saturated heterocycles. The molecule has 1 aromatic carbocycles. The summed E-state index contributed by atoms with van der Waals surface area (Å²) >= 11 is 0. The number of rotatable bonds is 7. The van der Waals surface area contributed by atoms with Gasteiger partial charge in [0.15, 0.2) is 6.95 Å². The Labute approximate surface area is 161 Å². The van der Waals surface area contributed by atoms with Crippen LogP contribution in [0.5, 0.6) is 5.75 Å². The van der Waals surface area contributed by atoms with E-state index in [2.05, 4.69) is 9.85 Å². The summed E-state index contributed by atoms with van der Waals surface area (Å²) in [7, 11) is -3.43. The van der Waals surface area contributed by atoms with Crippen molar-refractivity contribution in [2.45, 2.75) is 38.8 Å². The number of carboxylic acids is 1. The first-order valence-corrected chi connectivity index (χ1v) is 6.39. The molecule has 0 heterocycles. The summed E-state index contributed by atoms with van der Waals surface area (Å²) in [6.07, 6.45) is -1.58. The van der Waals surface area contributed by atoms with Crippen molar-refractivity contribution in [2.75, 3.05) is 20.2 Å². The zero-order valence-corrected chi connectivity index (χ0v) is 13.1. The van der Waals surface area contributed by atoms with Crippen LogP contribution < -0.4 is 10.0 Å². The van der Waals surface area contributed by atoms with Gasteiger partial charge in [0.25, 0.3) is 1.43 Å². The quantitative estimate of drug-likeness (QED) is 0.782. The summed E-state index contributed by atoms with van der Waals surface area (Å²) in [5, 5.41) is 3.68. The Morgan fingerprint density at radius 1 is 1.38 bits per heavy atom. The van der Waals surface area contributed by atoms with E-state index in [-0.39, 0.29) is 5.31 Å². The van der Waals surface area contributed by atoms with E-state index in [1.165, 1.54) is 13.8 Å². The van der Waals surface area contributed by atoms with E-state index in [0.717, 1.165) is 6.92 Å². The van der Waals surface area contributed by atoms with Gasteiger partial charge in [-0.3, -0.25) is 0 Å². The number of ether oxygens (including phenoxy) is 3. The molecule has 1 aromatic rings. The third-order valence-electron chi connectivity index (χ3n) is 2.41. The number of aliphatic carboxylic acids is 1. The van der Waals surface area contributed by atoms with Crippen molar-refractivity contribution in [1.29, 1.82) is 1.43 Å². The fraction of sp³-hybridized carbons (Fsp3) is 0.529. The number of hydrogen-bond acceptors (Lipinski definition) is 6. The smallest absolute Gasteiger partial charge is 0.408 e. The van der Waals surface area contributed by atoms with Crippen LogP contribution in [0.2, 0.25) is 1.41 Å². The number of alkyl carbamates (subject to hydrolysis) is 1. The lowest BCUT2D eigenvalue weighted by Gasteiger charge is -2.29. The molecule has 134 valence electrons. The molecule has 24 heavy (non-hydrogen) atoms. The number of carbonyl (C=O) groups excluding carboxylic acids is 1. The van der Waals surface area contributed by atoms with Crippen molar-refractivity contribution in [3.05, 3.63) is 29.7 Å². The molecule has 0 bridgehead atoms. The van der Waals surface area contributed by atoms with E-state index < -0.39 is 85.7 Å². The monoisotopic (exact) mass is 353 g/mol. The van der Waals surface area contributed by atoms with Gasteiger partial charge in [0.1, 0.15) is 17.9 Å². The molecule has 0 saturated carbocycles. The summed E-state index contributed by atoms with van der Waals surface area (Å²) in [5.74, 6) is -2.96. The summed E-state index contributed by atoms with van der Waals surface area (Å²) in [5.41, 5.74) is -5.33. The highest BCUT2D eigenvalue weighted by Crippen LogP contribution is 2.24. The molecule has 2 N–H and O–H groups in total. The highest BCUT2D eigenvalue weighted by atomic mass is 16.6. The van der Waals surface area contributed by atoms with Gasteiger partial charge in [-0.05, 0) is 45.3 Å². The van der Waals surface area contributed by atoms with Crippen LogP contribution in [0, 0.1) is 0 Å². The van der Waals surface area contributed by atoms with Crippen LogP contribution in [0.4, 0.5) is 4.79 Å². The molecular formula is C17H25NO6. The fourth-order valence-corrected chi connectivity index (χ4v) is 1.33. The number of nitrogens with one attached hydrogen (secondary N) is 1. The Balaban J connectivity index is 3.79. The first-order valence-electron chi connectivity index (χ1n) is 13.5. The van der Waals surface area contributed by atoms with E-state index >= 15 is 0 Å². The molecule has 0 aromatic heterocycles. The van der Waals surface area contributed by atoms with Gasteiger partial charge in [-0.25, -0.2) is 9.59 Å². The maximum Gasteiger partial charge on any atom is 0.408 e. The first-order chi connectivity index (χ1) is 16.9. The lowest BCUT2D eigenvalue weighted by molar-refractivity contribution is -0.144. The molecule has 7 nitrogen and oxygen atoms in total. The Morgan fingerprint density at radius 2 is 2.08 bits per heavy atom. The second kappa shape index (κ2) is 8.01. The van der Waals surface area contributed by atoms with Gasteiger partial charge < -0.3 is 24.6 Å². The van der Waals surface area contributed by atoms with Gasteiger partial charge in [-0.1, -0.05) is 12.1 Å². The number of methoxy groups -OCH3 is 1. The van der Waals surface area contributed by atoms with Crippen molar-refractivity contribution in [2.24, 2.45) is 0 Å². The average Bonchev–Trinajstić information content (AvgIpc) is 2.77. The summed E-state index contributed by atoms with van der Waals surface area (Å²) in [6.45, 7) is -4.52. The van der Waals surface area contributed by atoms with Gasteiger partial charge in [0, 0.05) is 8.41 Å². The topological polar surface area (TPSA) is 94.1 Å². The number of carboxylic acid groups (broad SMARTS) is 1. The largest absolute Gasteiger partial charge is 0.491 e. The third kappa shape index (κ3) is 5.73. The van der Waals surface area contributed by atoms with Gasteiger partial charge >= 0.3 is 12.1 Å². The molecule has 0 fully saturated rings. The van der Waals surface area contributed by atoms with E-state index in [0.29, 0.717) is 0 Å². The second-order valence-electron chi connectivity index (χ2n) is 5.21. The van der Waals surface area contributed by atoms with Crippen LogP contribution in [0.3, 0.4) is 0 Å². The van der Waals surface area contributed by atoms with Gasteiger partial charge in [0.05, 0.1) is 21.6 Å². The summed E-state index contributed by atoms with van der Waals surface area (Å²) < 4.78 is 121. The lowest BCUT2D eigenvalue weighted by Crippen LogP contribution is -2.51. The van der Waals surface area contributed by atoms with Crippen LogP contribution >= 0.6 is 0 Å². The molecule has 1 rings (SSSR count). The van der Waals surface area contributed by atoms with Crippen LogP contribution in [0.15, 0.2) is 24.2 Å². The number of hydrogen-bond donors (Lipinski definition) is 2. The fourth-order valence-electron chi connectivity index (χ4n) is 1.33. The van der Waals surface area contributed by atoms with Gasteiger partial charge in [0.2, 0.25) is 0 Å². The zero-order chi connectivity index (χ0) is 30.2. The maximum atomic E-state index is 12.6. The molecule has 1 atom stereocenters. The molecular weight excluding hydrogens is 314 g/mol. The normalized spacial score (nSPS) is 23.6. The highest BCUT2D eigenvalue weighted by Gasteiger charge is 2.38. The van der Waals surface area contributed by atoms with Crippen LogP contribution in [0.25, 0.3) is 1.43 Å². The van der Waals surface area contributed by atoms with Crippen LogP contribution in [0.1, 0.15) is 49.7 Å². The molecule has 0 aliphatic carbocycles. The van der Waals surface area contributed by atoms with Crippen molar-refractivity contribution in [1.82, 2.24) is 5.31 Å². The molecule has 0 aliphatic rings. The third-order valence-corrected chi connectivity index (χ3v) is 2.41. The van der Waals surface area contributed by atoms with Crippen LogP contribution in [-0.2, 0) is 19.8 Å². The zero-order valence-electron chi connectivity index (χ0n) is 27.1. The van der Waals surface area contributed by atoms with Gasteiger partial charge in [-0.15, -0.1) is 0 Å². The maximum absolute atomic E-state index is 12.6. The lowest BCUT2D eigenvalue weighted by atomic mass is 9.92. The Kier molecular flexibility index (Phi) is 2.44. The molecule has 0 radical (unpaired) electrons. The van der Waals surface area contributed by atoms with Gasteiger partial charge in [-0.2, -0.15) is 0 Å². The first kappa shape index (κ1) is 7.31. The number of benzene rings is 1. The van der Waals surface area contributed by atoms with E-state index in [4.69, 9.17) is 28.8 Å². The molecule has 0 aliphatic heterocycles. The SMILES string of the molecule is [2H]CC(C)(C)OC(=O)N([2H])C(C)(C(=O)O[2H])c1c([2H])c([2H])c(OC([2H])([2H])C([2H])([2H])OC([2H])([2H])[2H])c([2H])c1[2H]. The number of carbonyl (C=O) groups is 2. The predicted molar refractivity (Wildman–Crippen MR) is 88.2 cm³/mol. The van der Waals surface area contributed by atoms with Crippen molar-refractivity contribution >= 4 is 12.1 Å². The Hall–Kier alpha value is -2.28. The summed E-state index contributed by atoms with van der Waals surface area (Å²) in [6, 6.07) is -4.84. The standard InChI is InChI=1S/C17H25NO6/c1-16(2,3)24-15(21)18-17(4,14(19)20)12-6-8-13(9-7-12)23-11-10-22-5/h6-9H,10-11H2,1-5H3,(H,18,21)(H,19,20)/i1D,5D3,6D,7D,8D,9D,10D2,11D2/hD2. The second-order valence-corrected chi connectivity index (χ2v) is 5.21. The van der Waals surface area contributed by atoms with Crippen molar-refractivity contribution in [3.63, 3.8) is 0 Å². The highest BCUT2D eigenvalue weighted by molar-refractivity contribution is 5.85. The minimum atomic E-state index is -3.70. The van der Waals surface area contributed by atoms with Crippen molar-refractivity contribution in [3.8, 4) is 5.75 Å². The van der Waals surface area contributed by atoms with E-state index in [9.17, 15) is 9.59 Å².